The lowest BCUT2D eigenvalue weighted by Gasteiger charge is -2.18. The molecule has 2 atom stereocenters. The smallest absolute Gasteiger partial charge is 0.387 e. The molecule has 1 amide bonds. The van der Waals surface area contributed by atoms with Crippen molar-refractivity contribution in [1.82, 2.24) is 5.32 Å². The van der Waals surface area contributed by atoms with Gasteiger partial charge in [-0.15, -0.1) is 0 Å². The van der Waals surface area contributed by atoms with Crippen LogP contribution in [0.25, 0.3) is 0 Å². The van der Waals surface area contributed by atoms with E-state index >= 15 is 0 Å². The Morgan fingerprint density at radius 3 is 2.15 bits per heavy atom. The number of esters is 1. The van der Waals surface area contributed by atoms with Gasteiger partial charge in [0.1, 0.15) is 5.75 Å². The van der Waals surface area contributed by atoms with E-state index < -0.39 is 24.6 Å². The first-order chi connectivity index (χ1) is 12.4. The molecule has 5 nitrogen and oxygen atoms in total. The second kappa shape index (κ2) is 8.94. The quantitative estimate of drug-likeness (QED) is 0.762. The highest BCUT2D eigenvalue weighted by Gasteiger charge is 2.21. The molecule has 0 spiro atoms. The van der Waals surface area contributed by atoms with Gasteiger partial charge < -0.3 is 14.8 Å². The van der Waals surface area contributed by atoms with Gasteiger partial charge in [0.15, 0.2) is 6.10 Å². The van der Waals surface area contributed by atoms with Crippen molar-refractivity contribution in [2.24, 2.45) is 0 Å². The normalized spacial score (nSPS) is 13.0. The van der Waals surface area contributed by atoms with Crippen molar-refractivity contribution >= 4 is 11.9 Å². The van der Waals surface area contributed by atoms with E-state index in [4.69, 9.17) is 4.74 Å². The van der Waals surface area contributed by atoms with Gasteiger partial charge in [0.25, 0.3) is 5.91 Å². The molecule has 0 radical (unpaired) electrons. The van der Waals surface area contributed by atoms with Crippen LogP contribution in [0.5, 0.6) is 5.75 Å². The topological polar surface area (TPSA) is 64.6 Å². The molecule has 138 valence electrons. The summed E-state index contributed by atoms with van der Waals surface area (Å²) in [6.07, 6.45) is -1.01. The Kier molecular flexibility index (Phi) is 6.66. The number of amides is 1. The second-order valence-electron chi connectivity index (χ2n) is 5.59. The van der Waals surface area contributed by atoms with Crippen molar-refractivity contribution in [2.45, 2.75) is 32.6 Å². The lowest BCUT2D eigenvalue weighted by atomic mass is 10.1. The summed E-state index contributed by atoms with van der Waals surface area (Å²) in [7, 11) is 0. The summed E-state index contributed by atoms with van der Waals surface area (Å²) < 4.78 is 33.5. The van der Waals surface area contributed by atoms with Crippen molar-refractivity contribution in [3.8, 4) is 5.75 Å². The minimum Gasteiger partial charge on any atom is -0.449 e. The molecule has 0 saturated heterocycles. The van der Waals surface area contributed by atoms with E-state index in [1.54, 1.807) is 0 Å². The van der Waals surface area contributed by atoms with Crippen LogP contribution in [0.2, 0.25) is 0 Å². The van der Waals surface area contributed by atoms with Crippen molar-refractivity contribution in [1.29, 1.82) is 0 Å². The monoisotopic (exact) mass is 363 g/mol. The van der Waals surface area contributed by atoms with Crippen LogP contribution in [0.1, 0.15) is 35.8 Å². The molecule has 0 aliphatic carbocycles. The van der Waals surface area contributed by atoms with E-state index in [2.05, 4.69) is 10.1 Å². The van der Waals surface area contributed by atoms with Gasteiger partial charge >= 0.3 is 12.6 Å². The fraction of sp³-hybridized carbons (Fsp3) is 0.263. The minimum absolute atomic E-state index is 0.0703. The molecule has 2 aromatic rings. The van der Waals surface area contributed by atoms with Crippen LogP contribution in [0.15, 0.2) is 54.6 Å². The van der Waals surface area contributed by atoms with E-state index in [0.29, 0.717) is 0 Å². The minimum atomic E-state index is -2.94. The standard InChI is InChI=1S/C19H19F2NO4/c1-12(14-6-4-3-5-7-14)22-17(23)13(2)25-18(24)15-8-10-16(11-9-15)26-19(20)21/h3-13,19H,1-2H3,(H,22,23). The summed E-state index contributed by atoms with van der Waals surface area (Å²) in [4.78, 5) is 24.2. The fourth-order valence-corrected chi connectivity index (χ4v) is 2.21. The van der Waals surface area contributed by atoms with Crippen molar-refractivity contribution in [2.75, 3.05) is 0 Å². The van der Waals surface area contributed by atoms with Gasteiger partial charge in [-0.05, 0) is 43.7 Å². The van der Waals surface area contributed by atoms with Gasteiger partial charge in [-0.25, -0.2) is 4.79 Å². The number of halogens is 2. The highest BCUT2D eigenvalue weighted by Crippen LogP contribution is 2.16. The molecular weight excluding hydrogens is 344 g/mol. The molecule has 0 fully saturated rings. The Morgan fingerprint density at radius 2 is 1.58 bits per heavy atom. The molecule has 2 rings (SSSR count). The van der Waals surface area contributed by atoms with Gasteiger partial charge in [0.05, 0.1) is 11.6 Å². The van der Waals surface area contributed by atoms with Crippen LogP contribution >= 0.6 is 0 Å². The van der Waals surface area contributed by atoms with Gasteiger partial charge in [-0.3, -0.25) is 4.79 Å². The number of hydrogen-bond acceptors (Lipinski definition) is 4. The summed E-state index contributed by atoms with van der Waals surface area (Å²) >= 11 is 0. The average molecular weight is 363 g/mol. The van der Waals surface area contributed by atoms with Crippen LogP contribution < -0.4 is 10.1 Å². The lowest BCUT2D eigenvalue weighted by molar-refractivity contribution is -0.129. The highest BCUT2D eigenvalue weighted by atomic mass is 19.3. The molecular formula is C19H19F2NO4. The maximum absolute atomic E-state index is 12.2. The van der Waals surface area contributed by atoms with E-state index in [1.165, 1.54) is 31.2 Å². The number of rotatable bonds is 7. The fourth-order valence-electron chi connectivity index (χ4n) is 2.21. The zero-order valence-electron chi connectivity index (χ0n) is 14.3. The third-order valence-corrected chi connectivity index (χ3v) is 3.63. The summed E-state index contributed by atoms with van der Waals surface area (Å²) in [5.74, 6) is -1.24. The van der Waals surface area contributed by atoms with Gasteiger partial charge in [0.2, 0.25) is 0 Å². The summed E-state index contributed by atoms with van der Waals surface area (Å²) in [5, 5.41) is 2.76. The summed E-state index contributed by atoms with van der Waals surface area (Å²) in [6, 6.07) is 14.2. The number of ether oxygens (including phenoxy) is 2. The number of benzene rings is 2. The third kappa shape index (κ3) is 5.54. The SMILES string of the molecule is CC(OC(=O)c1ccc(OC(F)F)cc1)C(=O)NC(C)c1ccccc1. The number of alkyl halides is 2. The molecule has 26 heavy (non-hydrogen) atoms. The van der Waals surface area contributed by atoms with Gasteiger partial charge in [0, 0.05) is 0 Å². The van der Waals surface area contributed by atoms with Crippen LogP contribution in [-0.2, 0) is 9.53 Å². The van der Waals surface area contributed by atoms with Crippen LogP contribution in [0, 0.1) is 0 Å². The number of hydrogen-bond donors (Lipinski definition) is 1. The Balaban J connectivity index is 1.90. The van der Waals surface area contributed by atoms with E-state index in [9.17, 15) is 18.4 Å². The predicted molar refractivity (Wildman–Crippen MR) is 91.0 cm³/mol. The van der Waals surface area contributed by atoms with Crippen LogP contribution in [0.4, 0.5) is 8.78 Å². The van der Waals surface area contributed by atoms with Crippen molar-refractivity contribution in [3.05, 3.63) is 65.7 Å². The third-order valence-electron chi connectivity index (χ3n) is 3.63. The Labute approximate surface area is 149 Å². The molecule has 0 heterocycles. The first-order valence-corrected chi connectivity index (χ1v) is 7.98. The van der Waals surface area contributed by atoms with Crippen molar-refractivity contribution in [3.63, 3.8) is 0 Å². The molecule has 0 saturated carbocycles. The Morgan fingerprint density at radius 1 is 0.962 bits per heavy atom. The maximum atomic E-state index is 12.2. The van der Waals surface area contributed by atoms with Gasteiger partial charge in [-0.1, -0.05) is 30.3 Å². The molecule has 7 heteroatoms. The average Bonchev–Trinajstić information content (AvgIpc) is 2.62. The summed E-state index contributed by atoms with van der Waals surface area (Å²) in [6.45, 7) is 0.339. The molecule has 0 aliphatic rings. The zero-order chi connectivity index (χ0) is 19.1. The zero-order valence-corrected chi connectivity index (χ0v) is 14.3. The largest absolute Gasteiger partial charge is 0.449 e. The maximum Gasteiger partial charge on any atom is 0.387 e. The van der Waals surface area contributed by atoms with Crippen molar-refractivity contribution < 1.29 is 27.8 Å². The molecule has 2 unspecified atom stereocenters. The molecule has 0 bridgehead atoms. The number of carbonyl (C=O) groups is 2. The van der Waals surface area contributed by atoms with E-state index in [0.717, 1.165) is 5.56 Å². The molecule has 2 aromatic carbocycles. The predicted octanol–water partition coefficient (Wildman–Crippen LogP) is 3.71. The Bertz CT molecular complexity index is 735. The lowest BCUT2D eigenvalue weighted by Crippen LogP contribution is -2.37. The van der Waals surface area contributed by atoms with E-state index in [1.807, 2.05) is 37.3 Å². The first-order valence-electron chi connectivity index (χ1n) is 7.98. The Hall–Kier alpha value is -2.96. The first kappa shape index (κ1) is 19.4. The van der Waals surface area contributed by atoms with Crippen LogP contribution in [-0.4, -0.2) is 24.6 Å². The van der Waals surface area contributed by atoms with Gasteiger partial charge in [-0.2, -0.15) is 8.78 Å². The van der Waals surface area contributed by atoms with E-state index in [-0.39, 0.29) is 17.4 Å². The second-order valence-corrected chi connectivity index (χ2v) is 5.59. The molecule has 0 aromatic heterocycles. The number of nitrogens with one attached hydrogen (secondary N) is 1. The summed E-state index contributed by atoms with van der Waals surface area (Å²) in [5.41, 5.74) is 1.05. The highest BCUT2D eigenvalue weighted by molar-refractivity contribution is 5.92. The number of carbonyl (C=O) groups excluding carboxylic acids is 2. The molecule has 1 N–H and O–H groups in total. The van der Waals surface area contributed by atoms with Crippen LogP contribution in [0.3, 0.4) is 0 Å². The molecule has 0 aliphatic heterocycles.